The second kappa shape index (κ2) is 15.6. The number of amides is 5. The van der Waals surface area contributed by atoms with Crippen molar-refractivity contribution in [2.24, 2.45) is 5.92 Å². The third-order valence-corrected chi connectivity index (χ3v) is 4.66. The molecule has 182 valence electrons. The number of carbonyl (C=O) groups is 6. The van der Waals surface area contributed by atoms with Crippen LogP contribution in [0.4, 0.5) is 0 Å². The highest BCUT2D eigenvalue weighted by atomic mass is 16.4. The van der Waals surface area contributed by atoms with Crippen LogP contribution in [0.5, 0.6) is 0 Å². The Balaban J connectivity index is 4.17. The molecule has 6 N–H and O–H groups in total. The van der Waals surface area contributed by atoms with Crippen LogP contribution in [0.1, 0.15) is 33.1 Å². The molecule has 0 aromatic rings. The SMILES string of the molecule is CCC(=O)NCC(=O)NCC(=O)NCC(=O)NCCC(=O)N(C)C(C)C(CCO)C(=O)O. The van der Waals surface area contributed by atoms with Gasteiger partial charge < -0.3 is 36.4 Å². The molecular weight excluding hydrogens is 426 g/mol. The lowest BCUT2D eigenvalue weighted by atomic mass is 9.96. The number of carboxylic acid groups (broad SMARTS) is 1. The summed E-state index contributed by atoms with van der Waals surface area (Å²) >= 11 is 0. The molecule has 0 saturated carbocycles. The molecule has 5 amide bonds. The molecule has 0 aromatic carbocycles. The van der Waals surface area contributed by atoms with E-state index in [0.29, 0.717) is 0 Å². The lowest BCUT2D eigenvalue weighted by Crippen LogP contribution is -2.45. The second-order valence-corrected chi connectivity index (χ2v) is 6.99. The normalized spacial score (nSPS) is 12.1. The van der Waals surface area contributed by atoms with Crippen LogP contribution in [-0.4, -0.2) is 96.5 Å². The lowest BCUT2D eigenvalue weighted by Gasteiger charge is -2.29. The Kier molecular flexibility index (Phi) is 14.0. The maximum atomic E-state index is 12.2. The zero-order valence-corrected chi connectivity index (χ0v) is 18.6. The number of hydrogen-bond donors (Lipinski definition) is 6. The van der Waals surface area contributed by atoms with Crippen LogP contribution < -0.4 is 21.3 Å². The summed E-state index contributed by atoms with van der Waals surface area (Å²) in [5.74, 6) is -4.42. The summed E-state index contributed by atoms with van der Waals surface area (Å²) in [6, 6.07) is -0.646. The standard InChI is InChI=1S/C19H33N5O8/c1-4-14(26)21-10-16(28)23-11-17(29)22-9-15(27)20-7-5-18(30)24(3)12(2)13(6-8-25)19(31)32/h12-13,25H,4-11H2,1-3H3,(H,20,27)(H,21,26)(H,22,29)(H,23,28)(H,31,32). The number of nitrogens with one attached hydrogen (secondary N) is 4. The van der Waals surface area contributed by atoms with Crippen LogP contribution in [-0.2, 0) is 28.8 Å². The number of aliphatic carboxylic acids is 1. The fraction of sp³-hybridized carbons (Fsp3) is 0.684. The van der Waals surface area contributed by atoms with Gasteiger partial charge in [0.05, 0.1) is 25.6 Å². The smallest absolute Gasteiger partial charge is 0.308 e. The number of aliphatic hydroxyl groups is 1. The predicted molar refractivity (Wildman–Crippen MR) is 112 cm³/mol. The Morgan fingerprint density at radius 3 is 1.75 bits per heavy atom. The number of aliphatic hydroxyl groups excluding tert-OH is 1. The van der Waals surface area contributed by atoms with E-state index in [1.165, 1.54) is 11.9 Å². The Labute approximate surface area is 186 Å². The summed E-state index contributed by atoms with van der Waals surface area (Å²) in [6.07, 6.45) is 0.167. The van der Waals surface area contributed by atoms with E-state index in [4.69, 9.17) is 5.11 Å². The third kappa shape index (κ3) is 11.8. The number of rotatable bonds is 15. The van der Waals surface area contributed by atoms with Crippen LogP contribution in [0, 0.1) is 5.92 Å². The number of hydrogen-bond acceptors (Lipinski definition) is 7. The van der Waals surface area contributed by atoms with Gasteiger partial charge in [-0.05, 0) is 13.3 Å². The second-order valence-electron chi connectivity index (χ2n) is 6.99. The molecule has 0 aromatic heterocycles. The first kappa shape index (κ1) is 28.8. The van der Waals surface area contributed by atoms with Crippen LogP contribution in [0.25, 0.3) is 0 Å². The topological polar surface area (TPSA) is 194 Å². The van der Waals surface area contributed by atoms with Crippen molar-refractivity contribution in [3.63, 3.8) is 0 Å². The monoisotopic (exact) mass is 459 g/mol. The van der Waals surface area contributed by atoms with Crippen LogP contribution in [0.15, 0.2) is 0 Å². The number of carboxylic acids is 1. The van der Waals surface area contributed by atoms with E-state index < -0.39 is 35.7 Å². The third-order valence-electron chi connectivity index (χ3n) is 4.66. The highest BCUT2D eigenvalue weighted by Gasteiger charge is 2.29. The molecule has 0 radical (unpaired) electrons. The van der Waals surface area contributed by atoms with Gasteiger partial charge in [-0.1, -0.05) is 6.92 Å². The van der Waals surface area contributed by atoms with Gasteiger partial charge in [-0.25, -0.2) is 0 Å². The summed E-state index contributed by atoms with van der Waals surface area (Å²) in [5.41, 5.74) is 0. The molecule has 0 bridgehead atoms. The van der Waals surface area contributed by atoms with Crippen molar-refractivity contribution in [3.05, 3.63) is 0 Å². The molecule has 0 fully saturated rings. The van der Waals surface area contributed by atoms with Gasteiger partial charge in [0.15, 0.2) is 0 Å². The number of nitrogens with zero attached hydrogens (tertiary/aromatic N) is 1. The minimum Gasteiger partial charge on any atom is -0.481 e. The molecule has 0 spiro atoms. The van der Waals surface area contributed by atoms with E-state index >= 15 is 0 Å². The van der Waals surface area contributed by atoms with Crippen molar-refractivity contribution >= 4 is 35.5 Å². The van der Waals surface area contributed by atoms with E-state index in [1.54, 1.807) is 13.8 Å². The summed E-state index contributed by atoms with van der Waals surface area (Å²) < 4.78 is 0. The van der Waals surface area contributed by atoms with Gasteiger partial charge >= 0.3 is 5.97 Å². The Bertz CT molecular complexity index is 685. The molecule has 0 aliphatic rings. The summed E-state index contributed by atoms with van der Waals surface area (Å²) in [4.78, 5) is 70.7. The molecule has 32 heavy (non-hydrogen) atoms. The highest BCUT2D eigenvalue weighted by molar-refractivity contribution is 5.90. The molecular formula is C19H33N5O8. The van der Waals surface area contributed by atoms with Gasteiger partial charge in [-0.3, -0.25) is 28.8 Å². The molecule has 0 aliphatic carbocycles. The van der Waals surface area contributed by atoms with Gasteiger partial charge in [-0.15, -0.1) is 0 Å². The quantitative estimate of drug-likeness (QED) is 0.151. The minimum atomic E-state index is -1.11. The molecule has 0 heterocycles. The number of carbonyl (C=O) groups excluding carboxylic acids is 5. The highest BCUT2D eigenvalue weighted by Crippen LogP contribution is 2.15. The summed E-state index contributed by atoms with van der Waals surface area (Å²) in [7, 11) is 1.45. The van der Waals surface area contributed by atoms with Crippen molar-refractivity contribution in [1.29, 1.82) is 0 Å². The van der Waals surface area contributed by atoms with Crippen LogP contribution in [0.3, 0.4) is 0 Å². The summed E-state index contributed by atoms with van der Waals surface area (Å²) in [5, 5.41) is 27.6. The average molecular weight is 460 g/mol. The molecule has 0 saturated heterocycles. The average Bonchev–Trinajstić information content (AvgIpc) is 2.76. The molecule has 0 rings (SSSR count). The van der Waals surface area contributed by atoms with Gasteiger partial charge in [0, 0.05) is 39.1 Å². The van der Waals surface area contributed by atoms with Crippen LogP contribution in [0.2, 0.25) is 0 Å². The van der Waals surface area contributed by atoms with Crippen molar-refractivity contribution in [2.75, 3.05) is 39.8 Å². The first-order valence-corrected chi connectivity index (χ1v) is 10.2. The van der Waals surface area contributed by atoms with E-state index in [-0.39, 0.29) is 63.9 Å². The van der Waals surface area contributed by atoms with E-state index in [2.05, 4.69) is 21.3 Å². The van der Waals surface area contributed by atoms with E-state index in [0.717, 1.165) is 0 Å². The van der Waals surface area contributed by atoms with Gasteiger partial charge in [0.2, 0.25) is 29.5 Å². The fourth-order valence-electron chi connectivity index (χ4n) is 2.54. The van der Waals surface area contributed by atoms with Gasteiger partial charge in [0.25, 0.3) is 0 Å². The molecule has 2 unspecified atom stereocenters. The van der Waals surface area contributed by atoms with Crippen LogP contribution >= 0.6 is 0 Å². The summed E-state index contributed by atoms with van der Waals surface area (Å²) in [6.45, 7) is 1.88. The van der Waals surface area contributed by atoms with Crippen molar-refractivity contribution < 1.29 is 39.0 Å². The molecule has 13 nitrogen and oxygen atoms in total. The van der Waals surface area contributed by atoms with E-state index in [9.17, 15) is 33.9 Å². The van der Waals surface area contributed by atoms with E-state index in [1.807, 2.05) is 0 Å². The molecule has 0 aliphatic heterocycles. The Hall–Kier alpha value is -3.22. The first-order valence-electron chi connectivity index (χ1n) is 10.2. The van der Waals surface area contributed by atoms with Gasteiger partial charge in [-0.2, -0.15) is 0 Å². The Morgan fingerprint density at radius 2 is 1.31 bits per heavy atom. The lowest BCUT2D eigenvalue weighted by molar-refractivity contribution is -0.146. The largest absolute Gasteiger partial charge is 0.481 e. The molecule has 13 heteroatoms. The predicted octanol–water partition coefficient (Wildman–Crippen LogP) is -2.82. The minimum absolute atomic E-state index is 0.0123. The first-order chi connectivity index (χ1) is 15.0. The van der Waals surface area contributed by atoms with Crippen molar-refractivity contribution in [3.8, 4) is 0 Å². The fourth-order valence-corrected chi connectivity index (χ4v) is 2.54. The Morgan fingerprint density at radius 1 is 0.844 bits per heavy atom. The van der Waals surface area contributed by atoms with Gasteiger partial charge in [0.1, 0.15) is 0 Å². The zero-order chi connectivity index (χ0) is 24.7. The van der Waals surface area contributed by atoms with Crippen molar-refractivity contribution in [1.82, 2.24) is 26.2 Å². The molecule has 2 atom stereocenters. The maximum Gasteiger partial charge on any atom is 0.308 e. The van der Waals surface area contributed by atoms with Crippen molar-refractivity contribution in [2.45, 2.75) is 39.2 Å². The zero-order valence-electron chi connectivity index (χ0n) is 18.6. The maximum absolute atomic E-state index is 12.2.